The molecule has 1 fully saturated rings. The summed E-state index contributed by atoms with van der Waals surface area (Å²) in [6.45, 7) is 2.94. The Morgan fingerprint density at radius 3 is 2.80 bits per heavy atom. The number of hydrogen-bond acceptors (Lipinski definition) is 5. The van der Waals surface area contributed by atoms with Gasteiger partial charge in [-0.15, -0.1) is 0 Å². The first-order chi connectivity index (χ1) is 9.70. The van der Waals surface area contributed by atoms with Crippen molar-refractivity contribution in [2.24, 2.45) is 0 Å². The molecular weight excluding hydrogens is 252 g/mol. The van der Waals surface area contributed by atoms with E-state index < -0.39 is 0 Å². The molecule has 1 aliphatic heterocycles. The first-order valence-electron chi connectivity index (χ1n) is 6.99. The van der Waals surface area contributed by atoms with Crippen LogP contribution in [-0.2, 0) is 4.74 Å². The number of para-hydroxylation sites is 1. The number of aromatic nitrogens is 2. The largest absolute Gasteiger partial charge is 0.376 e. The third kappa shape index (κ3) is 2.18. The van der Waals surface area contributed by atoms with E-state index in [-0.39, 0.29) is 6.10 Å². The standard InChI is InChI=1S/C15H20N4O/c1-10-13(8-9-20-10)19(3)14-11-6-4-5-7-12(11)17-15(16-2)18-14/h4-7,10,13H,8-9H2,1-3H3,(H,16,17,18). The highest BCUT2D eigenvalue weighted by Crippen LogP contribution is 2.29. The van der Waals surface area contributed by atoms with Gasteiger partial charge in [0.25, 0.3) is 0 Å². The van der Waals surface area contributed by atoms with Crippen molar-refractivity contribution in [2.75, 3.05) is 30.9 Å². The molecule has 5 nitrogen and oxygen atoms in total. The maximum absolute atomic E-state index is 5.68. The maximum atomic E-state index is 5.68. The SMILES string of the molecule is CNc1nc(N(C)C2CCOC2C)c2ccccc2n1. The van der Waals surface area contributed by atoms with Gasteiger partial charge in [-0.25, -0.2) is 4.98 Å². The van der Waals surface area contributed by atoms with Crippen molar-refractivity contribution in [3.8, 4) is 0 Å². The minimum Gasteiger partial charge on any atom is -0.376 e. The molecule has 1 aromatic heterocycles. The molecule has 0 spiro atoms. The predicted molar refractivity (Wildman–Crippen MR) is 81.3 cm³/mol. The van der Waals surface area contributed by atoms with Crippen LogP contribution in [0, 0.1) is 0 Å². The summed E-state index contributed by atoms with van der Waals surface area (Å²) in [5, 5.41) is 4.11. The Labute approximate surface area is 119 Å². The third-order valence-corrected chi connectivity index (χ3v) is 3.97. The van der Waals surface area contributed by atoms with Gasteiger partial charge in [0.2, 0.25) is 5.95 Å². The predicted octanol–water partition coefficient (Wildman–Crippen LogP) is 2.29. The maximum Gasteiger partial charge on any atom is 0.224 e. The van der Waals surface area contributed by atoms with Crippen LogP contribution in [-0.4, -0.2) is 42.8 Å². The molecule has 0 bridgehead atoms. The van der Waals surface area contributed by atoms with Crippen molar-refractivity contribution >= 4 is 22.7 Å². The summed E-state index contributed by atoms with van der Waals surface area (Å²) in [7, 11) is 3.93. The van der Waals surface area contributed by atoms with E-state index in [0.29, 0.717) is 12.0 Å². The minimum atomic E-state index is 0.228. The molecule has 0 radical (unpaired) electrons. The number of benzene rings is 1. The summed E-state index contributed by atoms with van der Waals surface area (Å²) in [6, 6.07) is 8.47. The zero-order chi connectivity index (χ0) is 14.1. The monoisotopic (exact) mass is 272 g/mol. The van der Waals surface area contributed by atoms with Crippen molar-refractivity contribution in [3.05, 3.63) is 24.3 Å². The second-order valence-corrected chi connectivity index (χ2v) is 5.18. The highest BCUT2D eigenvalue weighted by Gasteiger charge is 2.29. The molecule has 2 atom stereocenters. The zero-order valence-corrected chi connectivity index (χ0v) is 12.1. The fourth-order valence-electron chi connectivity index (χ4n) is 2.83. The van der Waals surface area contributed by atoms with Crippen LogP contribution < -0.4 is 10.2 Å². The molecule has 1 aliphatic rings. The van der Waals surface area contributed by atoms with Gasteiger partial charge in [0.1, 0.15) is 5.82 Å². The average Bonchev–Trinajstić information content (AvgIpc) is 2.91. The Morgan fingerprint density at radius 2 is 2.10 bits per heavy atom. The van der Waals surface area contributed by atoms with Crippen molar-refractivity contribution in [2.45, 2.75) is 25.5 Å². The molecule has 106 valence electrons. The lowest BCUT2D eigenvalue weighted by atomic mass is 10.1. The van der Waals surface area contributed by atoms with E-state index in [1.165, 1.54) is 0 Å². The van der Waals surface area contributed by atoms with E-state index in [1.807, 2.05) is 25.2 Å². The highest BCUT2D eigenvalue weighted by atomic mass is 16.5. The Hall–Kier alpha value is -1.88. The van der Waals surface area contributed by atoms with Gasteiger partial charge in [0.15, 0.2) is 0 Å². The minimum absolute atomic E-state index is 0.228. The molecule has 2 unspecified atom stereocenters. The topological polar surface area (TPSA) is 50.3 Å². The van der Waals surface area contributed by atoms with E-state index in [0.717, 1.165) is 29.7 Å². The summed E-state index contributed by atoms with van der Waals surface area (Å²) < 4.78 is 5.68. The summed E-state index contributed by atoms with van der Waals surface area (Å²) in [4.78, 5) is 11.4. The smallest absolute Gasteiger partial charge is 0.224 e. The molecule has 3 rings (SSSR count). The van der Waals surface area contributed by atoms with Crippen LogP contribution in [0.15, 0.2) is 24.3 Å². The quantitative estimate of drug-likeness (QED) is 0.929. The Bertz CT molecular complexity index is 616. The molecular formula is C15H20N4O. The van der Waals surface area contributed by atoms with Crippen molar-refractivity contribution < 1.29 is 4.74 Å². The number of fused-ring (bicyclic) bond motifs is 1. The molecule has 2 heterocycles. The fraction of sp³-hybridized carbons (Fsp3) is 0.467. The van der Waals surface area contributed by atoms with Gasteiger partial charge in [-0.3, -0.25) is 0 Å². The zero-order valence-electron chi connectivity index (χ0n) is 12.1. The van der Waals surface area contributed by atoms with Gasteiger partial charge < -0.3 is 15.0 Å². The number of likely N-dealkylation sites (N-methyl/N-ethyl adjacent to an activating group) is 1. The van der Waals surface area contributed by atoms with Gasteiger partial charge >= 0.3 is 0 Å². The molecule has 0 aliphatic carbocycles. The van der Waals surface area contributed by atoms with E-state index in [9.17, 15) is 0 Å². The summed E-state index contributed by atoms with van der Waals surface area (Å²) in [5.41, 5.74) is 0.959. The lowest BCUT2D eigenvalue weighted by Crippen LogP contribution is -2.37. The highest BCUT2D eigenvalue weighted by molar-refractivity contribution is 5.90. The normalized spacial score (nSPS) is 22.1. The van der Waals surface area contributed by atoms with Gasteiger partial charge in [0.05, 0.1) is 17.7 Å². The van der Waals surface area contributed by atoms with Crippen molar-refractivity contribution in [1.29, 1.82) is 0 Å². The van der Waals surface area contributed by atoms with Gasteiger partial charge in [0, 0.05) is 26.1 Å². The Morgan fingerprint density at radius 1 is 1.30 bits per heavy atom. The van der Waals surface area contributed by atoms with Gasteiger partial charge in [-0.05, 0) is 25.5 Å². The summed E-state index contributed by atoms with van der Waals surface area (Å²) >= 11 is 0. The van der Waals surface area contributed by atoms with E-state index >= 15 is 0 Å². The number of anilines is 2. The summed E-state index contributed by atoms with van der Waals surface area (Å²) in [5.74, 6) is 1.61. The molecule has 2 aromatic rings. The van der Waals surface area contributed by atoms with Crippen molar-refractivity contribution in [1.82, 2.24) is 9.97 Å². The van der Waals surface area contributed by atoms with Crippen LogP contribution in [0.25, 0.3) is 10.9 Å². The third-order valence-electron chi connectivity index (χ3n) is 3.97. The lowest BCUT2D eigenvalue weighted by Gasteiger charge is -2.28. The second-order valence-electron chi connectivity index (χ2n) is 5.18. The van der Waals surface area contributed by atoms with Gasteiger partial charge in [-0.1, -0.05) is 12.1 Å². The Kier molecular flexibility index (Phi) is 3.44. The van der Waals surface area contributed by atoms with Crippen LogP contribution in [0.4, 0.5) is 11.8 Å². The number of ether oxygens (including phenoxy) is 1. The van der Waals surface area contributed by atoms with Crippen LogP contribution in [0.2, 0.25) is 0 Å². The molecule has 0 amide bonds. The number of nitrogens with zero attached hydrogens (tertiary/aromatic N) is 3. The number of nitrogens with one attached hydrogen (secondary N) is 1. The number of rotatable bonds is 3. The molecule has 20 heavy (non-hydrogen) atoms. The van der Waals surface area contributed by atoms with Crippen LogP contribution >= 0.6 is 0 Å². The molecule has 1 saturated heterocycles. The summed E-state index contributed by atoms with van der Waals surface area (Å²) in [6.07, 6.45) is 1.26. The Balaban J connectivity index is 2.09. The average molecular weight is 272 g/mol. The van der Waals surface area contributed by atoms with Crippen LogP contribution in [0.5, 0.6) is 0 Å². The van der Waals surface area contributed by atoms with Crippen molar-refractivity contribution in [3.63, 3.8) is 0 Å². The first kappa shape index (κ1) is 13.1. The van der Waals surface area contributed by atoms with E-state index in [1.54, 1.807) is 0 Å². The first-order valence-corrected chi connectivity index (χ1v) is 6.99. The molecule has 0 saturated carbocycles. The van der Waals surface area contributed by atoms with Gasteiger partial charge in [-0.2, -0.15) is 4.98 Å². The van der Waals surface area contributed by atoms with E-state index in [4.69, 9.17) is 4.74 Å². The van der Waals surface area contributed by atoms with E-state index in [2.05, 4.69) is 40.2 Å². The van der Waals surface area contributed by atoms with Crippen LogP contribution in [0.1, 0.15) is 13.3 Å². The molecule has 1 aromatic carbocycles. The second kappa shape index (κ2) is 5.25. The fourth-order valence-corrected chi connectivity index (χ4v) is 2.83. The molecule has 1 N–H and O–H groups in total. The molecule has 5 heteroatoms. The van der Waals surface area contributed by atoms with Crippen LogP contribution in [0.3, 0.4) is 0 Å². The number of hydrogen-bond donors (Lipinski definition) is 1. The lowest BCUT2D eigenvalue weighted by molar-refractivity contribution is 0.118.